The zero-order chi connectivity index (χ0) is 15.1. The molecule has 0 bridgehead atoms. The number of rotatable bonds is 6. The van der Waals surface area contributed by atoms with Gasteiger partial charge in [-0.05, 0) is 69.4 Å². The molecule has 1 aliphatic heterocycles. The Morgan fingerprint density at radius 1 is 1.29 bits per heavy atom. The van der Waals surface area contributed by atoms with Crippen LogP contribution >= 0.6 is 0 Å². The lowest BCUT2D eigenvalue weighted by Gasteiger charge is -2.34. The first-order chi connectivity index (χ1) is 10.2. The molecule has 1 aromatic carbocycles. The molecule has 0 radical (unpaired) electrons. The molecule has 1 aliphatic rings. The van der Waals surface area contributed by atoms with Gasteiger partial charge in [0.2, 0.25) is 0 Å². The van der Waals surface area contributed by atoms with Crippen molar-refractivity contribution in [1.29, 1.82) is 5.26 Å². The normalized spacial score (nSPS) is 17.6. The molecule has 0 amide bonds. The minimum Gasteiger partial charge on any atom is -0.317 e. The lowest BCUT2D eigenvalue weighted by molar-refractivity contribution is 0.161. The number of benzene rings is 1. The molecular formula is C18H27N3. The Labute approximate surface area is 129 Å². The maximum atomic E-state index is 8.91. The molecule has 0 aliphatic carbocycles. The van der Waals surface area contributed by atoms with E-state index < -0.39 is 0 Å². The van der Waals surface area contributed by atoms with Crippen LogP contribution in [0.4, 0.5) is 0 Å². The minimum absolute atomic E-state index is 0.424. The van der Waals surface area contributed by atoms with Crippen LogP contribution < -0.4 is 5.32 Å². The van der Waals surface area contributed by atoms with Gasteiger partial charge in [0.05, 0.1) is 11.6 Å². The summed E-state index contributed by atoms with van der Waals surface area (Å²) in [6.45, 7) is 9.20. The third-order valence-corrected chi connectivity index (χ3v) is 4.53. The van der Waals surface area contributed by atoms with Gasteiger partial charge in [0.15, 0.2) is 0 Å². The van der Waals surface area contributed by atoms with Crippen molar-refractivity contribution in [3.8, 4) is 6.07 Å². The highest BCUT2D eigenvalue weighted by Crippen LogP contribution is 2.24. The first kappa shape index (κ1) is 16.0. The third-order valence-electron chi connectivity index (χ3n) is 4.53. The lowest BCUT2D eigenvalue weighted by Crippen LogP contribution is -2.37. The van der Waals surface area contributed by atoms with Crippen LogP contribution in [-0.2, 0) is 0 Å². The van der Waals surface area contributed by atoms with Gasteiger partial charge >= 0.3 is 0 Å². The van der Waals surface area contributed by atoms with Gasteiger partial charge in [-0.3, -0.25) is 4.90 Å². The molecule has 1 aromatic rings. The van der Waals surface area contributed by atoms with E-state index in [2.05, 4.69) is 42.3 Å². The van der Waals surface area contributed by atoms with Gasteiger partial charge < -0.3 is 5.32 Å². The summed E-state index contributed by atoms with van der Waals surface area (Å²) < 4.78 is 0. The highest BCUT2D eigenvalue weighted by atomic mass is 15.2. The zero-order valence-corrected chi connectivity index (χ0v) is 13.3. The molecule has 114 valence electrons. The summed E-state index contributed by atoms with van der Waals surface area (Å²) in [6, 6.07) is 10.7. The molecule has 1 N–H and O–H groups in total. The maximum absolute atomic E-state index is 8.91. The Balaban J connectivity index is 2.02. The van der Waals surface area contributed by atoms with Crippen molar-refractivity contribution in [3.63, 3.8) is 0 Å². The van der Waals surface area contributed by atoms with E-state index in [1.165, 1.54) is 31.4 Å². The highest BCUT2D eigenvalue weighted by Gasteiger charge is 2.21. The van der Waals surface area contributed by atoms with Gasteiger partial charge in [0, 0.05) is 12.6 Å². The summed E-state index contributed by atoms with van der Waals surface area (Å²) in [6.07, 6.45) is 3.77. The van der Waals surface area contributed by atoms with E-state index in [9.17, 15) is 0 Å². The fourth-order valence-corrected chi connectivity index (χ4v) is 3.17. The Kier molecular flexibility index (Phi) is 6.22. The van der Waals surface area contributed by atoms with Crippen LogP contribution in [0.1, 0.15) is 50.3 Å². The van der Waals surface area contributed by atoms with E-state index in [1.807, 2.05) is 12.1 Å². The summed E-state index contributed by atoms with van der Waals surface area (Å²) >= 11 is 0. The van der Waals surface area contributed by atoms with Crippen LogP contribution in [0.25, 0.3) is 0 Å². The van der Waals surface area contributed by atoms with E-state index in [0.717, 1.165) is 31.1 Å². The molecule has 1 heterocycles. The van der Waals surface area contributed by atoms with Gasteiger partial charge in [-0.25, -0.2) is 0 Å². The first-order valence-electron chi connectivity index (χ1n) is 8.19. The minimum atomic E-state index is 0.424. The number of hydrogen-bond donors (Lipinski definition) is 1. The van der Waals surface area contributed by atoms with Gasteiger partial charge in [-0.1, -0.05) is 19.1 Å². The van der Waals surface area contributed by atoms with Gasteiger partial charge in [-0.2, -0.15) is 5.26 Å². The molecule has 3 nitrogen and oxygen atoms in total. The fraction of sp³-hybridized carbons (Fsp3) is 0.611. The summed E-state index contributed by atoms with van der Waals surface area (Å²) in [5, 5.41) is 12.4. The van der Waals surface area contributed by atoms with Crippen LogP contribution in [0.3, 0.4) is 0 Å². The molecule has 2 rings (SSSR count). The van der Waals surface area contributed by atoms with Gasteiger partial charge in [0.1, 0.15) is 0 Å². The molecule has 3 heteroatoms. The molecule has 1 fully saturated rings. The highest BCUT2D eigenvalue weighted by molar-refractivity contribution is 5.32. The van der Waals surface area contributed by atoms with Crippen molar-refractivity contribution in [2.45, 2.75) is 39.2 Å². The largest absolute Gasteiger partial charge is 0.317 e. The third kappa shape index (κ3) is 4.56. The predicted molar refractivity (Wildman–Crippen MR) is 87.0 cm³/mol. The molecule has 0 aromatic heterocycles. The second-order valence-electron chi connectivity index (χ2n) is 6.10. The molecule has 21 heavy (non-hydrogen) atoms. The number of nitrogens with zero attached hydrogens (tertiary/aromatic N) is 2. The molecule has 1 unspecified atom stereocenters. The molecule has 1 saturated heterocycles. The number of hydrogen-bond acceptors (Lipinski definition) is 3. The second-order valence-corrected chi connectivity index (χ2v) is 6.10. The van der Waals surface area contributed by atoms with Gasteiger partial charge in [0.25, 0.3) is 0 Å². The molecule has 1 atom stereocenters. The van der Waals surface area contributed by atoms with Crippen LogP contribution in [0.2, 0.25) is 0 Å². The molecule has 0 spiro atoms. The molecule has 0 saturated carbocycles. The second kappa shape index (κ2) is 8.17. The van der Waals surface area contributed by atoms with Crippen LogP contribution in [0, 0.1) is 17.2 Å². The Morgan fingerprint density at radius 3 is 2.52 bits per heavy atom. The first-order valence-corrected chi connectivity index (χ1v) is 8.19. The number of piperidine rings is 1. The predicted octanol–water partition coefficient (Wildman–Crippen LogP) is 3.33. The van der Waals surface area contributed by atoms with Crippen molar-refractivity contribution in [2.24, 2.45) is 5.92 Å². The maximum Gasteiger partial charge on any atom is 0.0991 e. The SMILES string of the molecule is CCCN(CC1CCNCC1)C(C)c1ccc(C#N)cc1. The van der Waals surface area contributed by atoms with Crippen molar-refractivity contribution in [3.05, 3.63) is 35.4 Å². The van der Waals surface area contributed by atoms with Crippen molar-refractivity contribution >= 4 is 0 Å². The zero-order valence-electron chi connectivity index (χ0n) is 13.3. The monoisotopic (exact) mass is 285 g/mol. The summed E-state index contributed by atoms with van der Waals surface area (Å²) in [4.78, 5) is 2.61. The van der Waals surface area contributed by atoms with E-state index >= 15 is 0 Å². The average molecular weight is 285 g/mol. The van der Waals surface area contributed by atoms with Crippen molar-refractivity contribution in [2.75, 3.05) is 26.2 Å². The smallest absolute Gasteiger partial charge is 0.0991 e. The average Bonchev–Trinajstić information content (AvgIpc) is 2.55. The van der Waals surface area contributed by atoms with Crippen LogP contribution in [0.15, 0.2) is 24.3 Å². The summed E-state index contributed by atoms with van der Waals surface area (Å²) in [7, 11) is 0. The van der Waals surface area contributed by atoms with Crippen LogP contribution in [-0.4, -0.2) is 31.1 Å². The van der Waals surface area contributed by atoms with E-state index in [4.69, 9.17) is 5.26 Å². The quantitative estimate of drug-likeness (QED) is 0.871. The standard InChI is InChI=1S/C18H27N3/c1-3-12-21(14-17-8-10-20-11-9-17)15(2)18-6-4-16(13-19)5-7-18/h4-7,15,17,20H,3,8-12,14H2,1-2H3. The van der Waals surface area contributed by atoms with Crippen LogP contribution in [0.5, 0.6) is 0 Å². The Hall–Kier alpha value is -1.37. The molecular weight excluding hydrogens is 258 g/mol. The Bertz CT molecular complexity index is 454. The topological polar surface area (TPSA) is 39.1 Å². The van der Waals surface area contributed by atoms with Crippen molar-refractivity contribution in [1.82, 2.24) is 10.2 Å². The summed E-state index contributed by atoms with van der Waals surface area (Å²) in [5.74, 6) is 0.818. The summed E-state index contributed by atoms with van der Waals surface area (Å²) in [5.41, 5.74) is 2.06. The number of nitriles is 1. The van der Waals surface area contributed by atoms with Crippen molar-refractivity contribution < 1.29 is 0 Å². The van der Waals surface area contributed by atoms with Gasteiger partial charge in [-0.15, -0.1) is 0 Å². The lowest BCUT2D eigenvalue weighted by atomic mass is 9.95. The van der Waals surface area contributed by atoms with E-state index in [-0.39, 0.29) is 0 Å². The Morgan fingerprint density at radius 2 is 1.95 bits per heavy atom. The number of nitrogens with one attached hydrogen (secondary N) is 1. The van der Waals surface area contributed by atoms with E-state index in [0.29, 0.717) is 6.04 Å². The van der Waals surface area contributed by atoms with E-state index in [1.54, 1.807) is 0 Å². The fourth-order valence-electron chi connectivity index (χ4n) is 3.17.